The first-order valence-corrected chi connectivity index (χ1v) is 6.67. The van der Waals surface area contributed by atoms with Crippen molar-refractivity contribution in [3.05, 3.63) is 68.7 Å². The quantitative estimate of drug-likeness (QED) is 0.741. The van der Waals surface area contributed by atoms with Crippen molar-refractivity contribution < 1.29 is 4.79 Å². The van der Waals surface area contributed by atoms with Crippen LogP contribution in [0.3, 0.4) is 0 Å². The van der Waals surface area contributed by atoms with Gasteiger partial charge in [-0.15, -0.1) is 0 Å². The molecule has 0 unspecified atom stereocenters. The fourth-order valence-electron chi connectivity index (χ4n) is 1.96. The van der Waals surface area contributed by atoms with Crippen molar-refractivity contribution in [2.24, 2.45) is 0 Å². The van der Waals surface area contributed by atoms with Crippen molar-refractivity contribution in [1.29, 1.82) is 0 Å². The molecule has 0 heterocycles. The van der Waals surface area contributed by atoms with Crippen LogP contribution < -0.4 is 0 Å². The van der Waals surface area contributed by atoms with Gasteiger partial charge < -0.3 is 0 Å². The van der Waals surface area contributed by atoms with Gasteiger partial charge in [-0.3, -0.25) is 4.79 Å². The maximum atomic E-state index is 12.6. The molecule has 0 bridgehead atoms. The molecule has 92 valence electrons. The molecular formula is C16H15BrO. The third kappa shape index (κ3) is 2.39. The van der Waals surface area contributed by atoms with Gasteiger partial charge in [0.25, 0.3) is 0 Å². The topological polar surface area (TPSA) is 17.1 Å². The zero-order chi connectivity index (χ0) is 13.3. The molecule has 18 heavy (non-hydrogen) atoms. The van der Waals surface area contributed by atoms with E-state index < -0.39 is 0 Å². The van der Waals surface area contributed by atoms with Crippen LogP contribution in [0.4, 0.5) is 0 Å². The number of hydrogen-bond acceptors (Lipinski definition) is 1. The molecular weight excluding hydrogens is 288 g/mol. The van der Waals surface area contributed by atoms with Crippen LogP contribution in [0.5, 0.6) is 0 Å². The van der Waals surface area contributed by atoms with Crippen LogP contribution in [-0.4, -0.2) is 5.78 Å². The summed E-state index contributed by atoms with van der Waals surface area (Å²) in [7, 11) is 0. The highest BCUT2D eigenvalue weighted by atomic mass is 79.9. The van der Waals surface area contributed by atoms with Gasteiger partial charge in [0, 0.05) is 15.6 Å². The Bertz CT molecular complexity index is 610. The summed E-state index contributed by atoms with van der Waals surface area (Å²) in [6.07, 6.45) is 0. The summed E-state index contributed by atoms with van der Waals surface area (Å²) in [5.74, 6) is 0.0757. The van der Waals surface area contributed by atoms with Gasteiger partial charge in [-0.25, -0.2) is 0 Å². The predicted octanol–water partition coefficient (Wildman–Crippen LogP) is 4.61. The SMILES string of the molecule is Cc1ccc(Br)c(C(=O)c2cccc(C)c2C)c1. The first-order chi connectivity index (χ1) is 8.50. The molecule has 0 saturated heterocycles. The maximum absolute atomic E-state index is 12.6. The van der Waals surface area contributed by atoms with E-state index in [1.54, 1.807) is 0 Å². The minimum Gasteiger partial charge on any atom is -0.289 e. The van der Waals surface area contributed by atoms with Crippen LogP contribution in [0.15, 0.2) is 40.9 Å². The highest BCUT2D eigenvalue weighted by molar-refractivity contribution is 9.10. The molecule has 2 aromatic rings. The van der Waals surface area contributed by atoms with Gasteiger partial charge in [0.1, 0.15) is 0 Å². The van der Waals surface area contributed by atoms with Crippen molar-refractivity contribution in [2.45, 2.75) is 20.8 Å². The summed E-state index contributed by atoms with van der Waals surface area (Å²) >= 11 is 3.45. The Morgan fingerprint density at radius 2 is 1.72 bits per heavy atom. The van der Waals surface area contributed by atoms with Gasteiger partial charge in [0.15, 0.2) is 5.78 Å². The van der Waals surface area contributed by atoms with E-state index in [0.29, 0.717) is 0 Å². The molecule has 2 rings (SSSR count). The lowest BCUT2D eigenvalue weighted by Crippen LogP contribution is -2.06. The summed E-state index contributed by atoms with van der Waals surface area (Å²) in [5.41, 5.74) is 4.79. The second-order valence-corrected chi connectivity index (χ2v) is 5.41. The molecule has 1 nitrogen and oxygen atoms in total. The van der Waals surface area contributed by atoms with E-state index in [2.05, 4.69) is 15.9 Å². The molecule has 0 saturated carbocycles. The Morgan fingerprint density at radius 1 is 1.00 bits per heavy atom. The molecule has 0 aromatic heterocycles. The minimum absolute atomic E-state index is 0.0757. The van der Waals surface area contributed by atoms with Crippen molar-refractivity contribution >= 4 is 21.7 Å². The van der Waals surface area contributed by atoms with Gasteiger partial charge in [0.2, 0.25) is 0 Å². The molecule has 0 fully saturated rings. The molecule has 0 aliphatic carbocycles. The Balaban J connectivity index is 2.55. The van der Waals surface area contributed by atoms with Gasteiger partial charge in [-0.1, -0.05) is 45.8 Å². The average Bonchev–Trinajstić information content (AvgIpc) is 2.35. The van der Waals surface area contributed by atoms with Gasteiger partial charge in [0.05, 0.1) is 0 Å². The van der Waals surface area contributed by atoms with Crippen LogP contribution in [0, 0.1) is 20.8 Å². The van der Waals surface area contributed by atoms with E-state index >= 15 is 0 Å². The van der Waals surface area contributed by atoms with E-state index in [0.717, 1.165) is 32.3 Å². The Morgan fingerprint density at radius 3 is 2.44 bits per heavy atom. The van der Waals surface area contributed by atoms with Crippen molar-refractivity contribution in [3.63, 3.8) is 0 Å². The highest BCUT2D eigenvalue weighted by Gasteiger charge is 2.15. The monoisotopic (exact) mass is 302 g/mol. The Hall–Kier alpha value is -1.41. The lowest BCUT2D eigenvalue weighted by molar-refractivity contribution is 0.103. The number of ketones is 1. The molecule has 0 N–H and O–H groups in total. The van der Waals surface area contributed by atoms with E-state index in [1.807, 2.05) is 57.2 Å². The van der Waals surface area contributed by atoms with E-state index in [4.69, 9.17) is 0 Å². The largest absolute Gasteiger partial charge is 0.289 e. The van der Waals surface area contributed by atoms with Crippen molar-refractivity contribution in [1.82, 2.24) is 0 Å². The van der Waals surface area contributed by atoms with Crippen molar-refractivity contribution in [3.8, 4) is 0 Å². The molecule has 0 atom stereocenters. The van der Waals surface area contributed by atoms with E-state index in [1.165, 1.54) is 0 Å². The number of aryl methyl sites for hydroxylation is 2. The lowest BCUT2D eigenvalue weighted by Gasteiger charge is -2.09. The van der Waals surface area contributed by atoms with E-state index in [9.17, 15) is 4.79 Å². The van der Waals surface area contributed by atoms with Crippen LogP contribution in [-0.2, 0) is 0 Å². The van der Waals surface area contributed by atoms with Crippen LogP contribution >= 0.6 is 15.9 Å². The molecule has 2 heteroatoms. The molecule has 0 spiro atoms. The third-order valence-corrected chi connectivity index (χ3v) is 3.91. The number of carbonyl (C=O) groups excluding carboxylic acids is 1. The minimum atomic E-state index is 0.0757. The lowest BCUT2D eigenvalue weighted by atomic mass is 9.95. The summed E-state index contributed by atoms with van der Waals surface area (Å²) < 4.78 is 0.846. The standard InChI is InChI=1S/C16H15BrO/c1-10-7-8-15(17)14(9-10)16(18)13-6-4-5-11(2)12(13)3/h4-9H,1-3H3. The van der Waals surface area contributed by atoms with Gasteiger partial charge in [-0.05, 0) is 44.0 Å². The zero-order valence-electron chi connectivity index (χ0n) is 10.8. The average molecular weight is 303 g/mol. The predicted molar refractivity (Wildman–Crippen MR) is 78.2 cm³/mol. The summed E-state index contributed by atoms with van der Waals surface area (Å²) in [5, 5.41) is 0. The number of rotatable bonds is 2. The first-order valence-electron chi connectivity index (χ1n) is 5.88. The normalized spacial score (nSPS) is 10.4. The Labute approximate surface area is 116 Å². The highest BCUT2D eigenvalue weighted by Crippen LogP contribution is 2.23. The number of halogens is 1. The summed E-state index contributed by atoms with van der Waals surface area (Å²) in [6, 6.07) is 11.7. The third-order valence-electron chi connectivity index (χ3n) is 3.22. The summed E-state index contributed by atoms with van der Waals surface area (Å²) in [6.45, 7) is 6.01. The first kappa shape index (κ1) is 13.0. The molecule has 0 amide bonds. The zero-order valence-corrected chi connectivity index (χ0v) is 12.3. The van der Waals surface area contributed by atoms with Crippen LogP contribution in [0.25, 0.3) is 0 Å². The fourth-order valence-corrected chi connectivity index (χ4v) is 2.38. The molecule has 0 aliphatic rings. The molecule has 0 radical (unpaired) electrons. The van der Waals surface area contributed by atoms with E-state index in [-0.39, 0.29) is 5.78 Å². The maximum Gasteiger partial charge on any atom is 0.194 e. The van der Waals surface area contributed by atoms with Crippen LogP contribution in [0.2, 0.25) is 0 Å². The molecule has 0 aliphatic heterocycles. The van der Waals surface area contributed by atoms with Crippen LogP contribution in [0.1, 0.15) is 32.6 Å². The number of carbonyl (C=O) groups is 1. The second-order valence-electron chi connectivity index (χ2n) is 4.56. The summed E-state index contributed by atoms with van der Waals surface area (Å²) in [4.78, 5) is 12.6. The molecule has 2 aromatic carbocycles. The fraction of sp³-hybridized carbons (Fsp3) is 0.188. The van der Waals surface area contributed by atoms with Gasteiger partial charge in [-0.2, -0.15) is 0 Å². The smallest absolute Gasteiger partial charge is 0.194 e. The Kier molecular flexibility index (Phi) is 3.67. The van der Waals surface area contributed by atoms with Crippen molar-refractivity contribution in [2.75, 3.05) is 0 Å². The number of benzene rings is 2. The van der Waals surface area contributed by atoms with Gasteiger partial charge >= 0.3 is 0 Å². The number of hydrogen-bond donors (Lipinski definition) is 0. The second kappa shape index (κ2) is 5.07.